The summed E-state index contributed by atoms with van der Waals surface area (Å²) in [6, 6.07) is 3.28. The first-order valence-electron chi connectivity index (χ1n) is 11.5. The molecule has 216 valence electrons. The maximum absolute atomic E-state index is 14.6. The molecule has 2 aromatic rings. The van der Waals surface area contributed by atoms with Crippen molar-refractivity contribution in [2.24, 2.45) is 17.8 Å². The molecule has 9 nitrogen and oxygen atoms in total. The Kier molecular flexibility index (Phi) is 8.18. The van der Waals surface area contributed by atoms with Gasteiger partial charge in [0.15, 0.2) is 11.6 Å². The number of aryl methyl sites for hydroxylation is 1. The lowest BCUT2D eigenvalue weighted by atomic mass is 9.75. The van der Waals surface area contributed by atoms with Gasteiger partial charge in [-0.2, -0.15) is 19.1 Å². The van der Waals surface area contributed by atoms with Crippen molar-refractivity contribution in [3.8, 4) is 11.8 Å². The first-order chi connectivity index (χ1) is 18.4. The molecule has 16 heteroatoms. The fourth-order valence-corrected chi connectivity index (χ4v) is 3.94. The van der Waals surface area contributed by atoms with Gasteiger partial charge in [-0.15, -0.1) is 0 Å². The molecule has 2 aromatic heterocycles. The summed E-state index contributed by atoms with van der Waals surface area (Å²) in [6.07, 6.45) is 4.11. The minimum atomic E-state index is -4.14. The third-order valence-corrected chi connectivity index (χ3v) is 6.95. The van der Waals surface area contributed by atoms with Crippen LogP contribution in [0.3, 0.4) is 0 Å². The number of carbonyl (C=O) groups is 1. The molecule has 2 heterocycles. The number of rotatable bonds is 10. The van der Waals surface area contributed by atoms with E-state index >= 15 is 0 Å². The molecule has 0 radical (unpaired) electrons. The van der Waals surface area contributed by atoms with Crippen LogP contribution in [-0.2, 0) is 12.5 Å². The van der Waals surface area contributed by atoms with Gasteiger partial charge in [-0.05, 0) is 25.8 Å². The summed E-state index contributed by atoms with van der Waals surface area (Å²) < 4.78 is 90.0. The average molecular weight is 592 g/mol. The van der Waals surface area contributed by atoms with Crippen LogP contribution in [0.1, 0.15) is 55.2 Å². The maximum atomic E-state index is 14.6. The van der Waals surface area contributed by atoms with E-state index in [-0.39, 0.29) is 35.7 Å². The summed E-state index contributed by atoms with van der Waals surface area (Å²) in [5.74, 6) is -10.6. The normalized spacial score (nSPS) is 15.8. The Hall–Kier alpha value is -3.80. The fourth-order valence-electron chi connectivity index (χ4n) is 3.75. The highest BCUT2D eigenvalue weighted by atomic mass is 35.5. The number of alkyl halides is 6. The molecular formula is C24H24ClF6N7O2. The molecule has 1 amide bonds. The molecule has 1 saturated carbocycles. The molecule has 0 unspecified atom stereocenters. The topological polar surface area (TPSA) is 131 Å². The molecule has 0 spiro atoms. The van der Waals surface area contributed by atoms with Crippen molar-refractivity contribution in [3.05, 3.63) is 40.4 Å². The predicted octanol–water partition coefficient (Wildman–Crippen LogP) is 5.13. The monoisotopic (exact) mass is 591 g/mol. The Balaban J connectivity index is 2.07. The van der Waals surface area contributed by atoms with Crippen LogP contribution >= 0.6 is 11.6 Å². The second-order valence-electron chi connectivity index (χ2n) is 9.50. The highest BCUT2D eigenvalue weighted by Crippen LogP contribution is 2.53. The van der Waals surface area contributed by atoms with E-state index < -0.39 is 52.6 Å². The van der Waals surface area contributed by atoms with Crippen molar-refractivity contribution in [1.82, 2.24) is 20.1 Å². The summed E-state index contributed by atoms with van der Waals surface area (Å²) in [5.41, 5.74) is 0.265. The molecule has 1 fully saturated rings. The van der Waals surface area contributed by atoms with E-state index in [1.807, 2.05) is 6.07 Å². The second kappa shape index (κ2) is 10.6. The van der Waals surface area contributed by atoms with Crippen LogP contribution in [0.5, 0.6) is 5.75 Å². The Morgan fingerprint density at radius 1 is 1.30 bits per heavy atom. The average Bonchev–Trinajstić information content (AvgIpc) is 3.55. The molecule has 3 rings (SSSR count). The van der Waals surface area contributed by atoms with Crippen molar-refractivity contribution in [3.63, 3.8) is 0 Å². The zero-order chi connectivity index (χ0) is 30.3. The predicted molar refractivity (Wildman–Crippen MR) is 133 cm³/mol. The highest BCUT2D eigenvalue weighted by Gasteiger charge is 2.64. The maximum Gasteiger partial charge on any atom is 0.387 e. The first-order valence-corrected chi connectivity index (χ1v) is 11.9. The lowest BCUT2D eigenvalue weighted by molar-refractivity contribution is -0.173. The molecule has 0 saturated heterocycles. The molecule has 40 heavy (non-hydrogen) atoms. The lowest BCUT2D eigenvalue weighted by Gasteiger charge is -2.38. The molecule has 1 aliphatic rings. The molecule has 0 aliphatic heterocycles. The van der Waals surface area contributed by atoms with E-state index in [0.717, 1.165) is 24.1 Å². The van der Waals surface area contributed by atoms with Crippen LogP contribution in [0.2, 0.25) is 5.15 Å². The minimum absolute atomic E-state index is 0.0368. The van der Waals surface area contributed by atoms with Gasteiger partial charge in [0.1, 0.15) is 21.8 Å². The van der Waals surface area contributed by atoms with Crippen molar-refractivity contribution in [2.75, 3.05) is 0 Å². The molecule has 1 aliphatic carbocycles. The van der Waals surface area contributed by atoms with Crippen LogP contribution in [-0.4, -0.2) is 50.9 Å². The number of allylic oxidation sites excluding steroid dienone is 1. The number of nitrogens with two attached hydrogens (primary N) is 1. The Labute approximate surface area is 229 Å². The van der Waals surface area contributed by atoms with Gasteiger partial charge in [-0.3, -0.25) is 4.79 Å². The van der Waals surface area contributed by atoms with Gasteiger partial charge in [-0.1, -0.05) is 11.6 Å². The lowest BCUT2D eigenvalue weighted by Crippen LogP contribution is -2.53. The van der Waals surface area contributed by atoms with Crippen molar-refractivity contribution in [2.45, 2.75) is 63.0 Å². The summed E-state index contributed by atoms with van der Waals surface area (Å²) in [5, 5.41) is 15.3. The third kappa shape index (κ3) is 5.72. The zero-order valence-electron chi connectivity index (χ0n) is 21.6. The number of aliphatic imine (C=N–C) groups is 1. The number of amides is 1. The number of nitrogens with one attached hydrogen (secondary N) is 1. The van der Waals surface area contributed by atoms with Crippen LogP contribution in [0.25, 0.3) is 5.57 Å². The van der Waals surface area contributed by atoms with E-state index in [9.17, 15) is 36.4 Å². The molecular weight excluding hydrogens is 568 g/mol. The van der Waals surface area contributed by atoms with Crippen LogP contribution in [0, 0.1) is 11.3 Å². The number of halogens is 7. The Morgan fingerprint density at radius 2 is 1.90 bits per heavy atom. The second-order valence-corrected chi connectivity index (χ2v) is 9.85. The molecule has 0 aromatic carbocycles. The largest absolute Gasteiger partial charge is 0.429 e. The Bertz CT molecular complexity index is 1390. The van der Waals surface area contributed by atoms with Crippen molar-refractivity contribution in [1.29, 1.82) is 5.26 Å². The van der Waals surface area contributed by atoms with Gasteiger partial charge >= 0.3 is 6.61 Å². The number of nitrogens with zero attached hydrogens (tertiary/aromatic N) is 5. The SMILES string of the molecule is Cn1nc(C(C)(C(C)(F)F)C(C)(F)F)c(OC(F)F)c1N=CC(=CN)c1cnc(Cl)c(C(=O)NC2(C#N)CC2)c1. The summed E-state index contributed by atoms with van der Waals surface area (Å²) in [4.78, 5) is 20.6. The number of pyridine rings is 1. The van der Waals surface area contributed by atoms with Gasteiger partial charge in [0.2, 0.25) is 0 Å². The van der Waals surface area contributed by atoms with Crippen molar-refractivity contribution < 1.29 is 35.9 Å². The van der Waals surface area contributed by atoms with Gasteiger partial charge < -0.3 is 15.8 Å². The Morgan fingerprint density at radius 3 is 2.38 bits per heavy atom. The summed E-state index contributed by atoms with van der Waals surface area (Å²) in [6.45, 7) is -2.68. The number of hydrogen-bond acceptors (Lipinski definition) is 7. The number of ether oxygens (including phenoxy) is 1. The number of carbonyl (C=O) groups excluding carboxylic acids is 1. The van der Waals surface area contributed by atoms with Crippen LogP contribution < -0.4 is 15.8 Å². The number of hydrogen-bond donors (Lipinski definition) is 2. The van der Waals surface area contributed by atoms with E-state index in [4.69, 9.17) is 17.3 Å². The first kappa shape index (κ1) is 30.7. The van der Waals surface area contributed by atoms with E-state index in [1.54, 1.807) is 0 Å². The van der Waals surface area contributed by atoms with Crippen LogP contribution in [0.4, 0.5) is 32.2 Å². The van der Waals surface area contributed by atoms with Gasteiger partial charge in [0.25, 0.3) is 17.8 Å². The number of aromatic nitrogens is 3. The van der Waals surface area contributed by atoms with E-state index in [0.29, 0.717) is 19.8 Å². The third-order valence-electron chi connectivity index (χ3n) is 6.65. The molecule has 0 atom stereocenters. The summed E-state index contributed by atoms with van der Waals surface area (Å²) >= 11 is 6.05. The summed E-state index contributed by atoms with van der Waals surface area (Å²) in [7, 11) is 1.11. The molecule has 3 N–H and O–H groups in total. The highest BCUT2D eigenvalue weighted by molar-refractivity contribution is 6.32. The smallest absolute Gasteiger partial charge is 0.387 e. The van der Waals surface area contributed by atoms with E-state index in [1.165, 1.54) is 12.3 Å². The minimum Gasteiger partial charge on any atom is -0.429 e. The van der Waals surface area contributed by atoms with Crippen LogP contribution in [0.15, 0.2) is 23.5 Å². The quantitative estimate of drug-likeness (QED) is 0.224. The zero-order valence-corrected chi connectivity index (χ0v) is 22.3. The fraction of sp³-hybridized carbons (Fsp3) is 0.458. The number of nitriles is 1. The standard InChI is InChI=1S/C24H24ClF6N7O2/c1-21(22(2,28)29,23(3,30)31)16-15(40-20(26)27)18(38(4)37-16)35-10-13(8-32)12-7-14(17(25)34-9-12)19(39)36-24(11-33)5-6-24/h7-10,20H,5-6,32H2,1-4H3,(H,36,39). The van der Waals surface area contributed by atoms with Gasteiger partial charge in [0, 0.05) is 50.6 Å². The van der Waals surface area contributed by atoms with Crippen molar-refractivity contribution >= 4 is 35.1 Å². The molecule has 0 bridgehead atoms. The van der Waals surface area contributed by atoms with Gasteiger partial charge in [-0.25, -0.2) is 32.2 Å². The van der Waals surface area contributed by atoms with E-state index in [2.05, 4.69) is 25.1 Å². The van der Waals surface area contributed by atoms with Gasteiger partial charge in [0.05, 0.1) is 11.6 Å².